The monoisotopic (exact) mass is 502 g/mol. The zero-order valence-corrected chi connectivity index (χ0v) is 21.8. The molecule has 5 rings (SSSR count). The number of nitrogens with zero attached hydrogens (tertiary/aromatic N) is 1. The second kappa shape index (κ2) is 9.30. The highest BCUT2D eigenvalue weighted by Crippen LogP contribution is 2.45. The number of carbonyl (C=O) groups is 1. The van der Waals surface area contributed by atoms with Crippen molar-refractivity contribution in [2.24, 2.45) is 0 Å². The minimum atomic E-state index is -1.04. The maximum atomic E-state index is 15.0. The zero-order valence-electron chi connectivity index (χ0n) is 21.8. The number of fused-ring (bicyclic) bond motifs is 1. The Hall–Kier alpha value is -3.71. The maximum absolute atomic E-state index is 15.0. The van der Waals surface area contributed by atoms with Crippen LogP contribution in [0.25, 0.3) is 32.8 Å². The molecule has 0 bridgehead atoms. The summed E-state index contributed by atoms with van der Waals surface area (Å²) in [5, 5.41) is 2.29. The number of nitrogens with two attached hydrogens (primary N) is 1. The number of rotatable bonds is 5. The lowest BCUT2D eigenvalue weighted by atomic mass is 9.85. The molecular formula is C30H31FN2O4. The van der Waals surface area contributed by atoms with Gasteiger partial charge in [-0.15, -0.1) is 0 Å². The SMILES string of the molecule is CCOC(=O)[C@@H](OC(C)(C)C)c1c(C)cc2cc(N)c(F)cc2c1-c1ccc2c3c(ccnc13)CCO2. The van der Waals surface area contributed by atoms with Gasteiger partial charge in [0.15, 0.2) is 6.10 Å². The lowest BCUT2D eigenvalue weighted by Crippen LogP contribution is -2.29. The van der Waals surface area contributed by atoms with Crippen LogP contribution in [0.3, 0.4) is 0 Å². The van der Waals surface area contributed by atoms with Crippen molar-refractivity contribution in [3.8, 4) is 16.9 Å². The topological polar surface area (TPSA) is 83.7 Å². The van der Waals surface area contributed by atoms with Gasteiger partial charge in [0.2, 0.25) is 0 Å². The molecule has 0 radical (unpaired) electrons. The van der Waals surface area contributed by atoms with E-state index in [2.05, 4.69) is 0 Å². The van der Waals surface area contributed by atoms with Gasteiger partial charge in [0.25, 0.3) is 0 Å². The molecule has 3 aromatic carbocycles. The molecular weight excluding hydrogens is 471 g/mol. The summed E-state index contributed by atoms with van der Waals surface area (Å²) in [4.78, 5) is 18.1. The number of nitrogen functional groups attached to an aromatic ring is 1. The first-order chi connectivity index (χ1) is 17.6. The number of carbonyl (C=O) groups excluding carboxylic acids is 1. The number of aromatic nitrogens is 1. The summed E-state index contributed by atoms with van der Waals surface area (Å²) >= 11 is 0. The molecule has 0 saturated heterocycles. The van der Waals surface area contributed by atoms with Crippen LogP contribution in [-0.4, -0.2) is 29.8 Å². The van der Waals surface area contributed by atoms with Crippen molar-refractivity contribution < 1.29 is 23.4 Å². The third kappa shape index (κ3) is 4.48. The molecule has 2 N–H and O–H groups in total. The van der Waals surface area contributed by atoms with E-state index in [-0.39, 0.29) is 12.3 Å². The lowest BCUT2D eigenvalue weighted by molar-refractivity contribution is -0.166. The number of halogens is 1. The van der Waals surface area contributed by atoms with Crippen LogP contribution in [0.5, 0.6) is 5.75 Å². The van der Waals surface area contributed by atoms with Crippen molar-refractivity contribution in [1.29, 1.82) is 0 Å². The van der Waals surface area contributed by atoms with Crippen molar-refractivity contribution in [3.63, 3.8) is 0 Å². The van der Waals surface area contributed by atoms with Gasteiger partial charge >= 0.3 is 5.97 Å². The Bertz CT molecular complexity index is 1530. The van der Waals surface area contributed by atoms with Gasteiger partial charge in [-0.05, 0) is 92.4 Å². The summed E-state index contributed by atoms with van der Waals surface area (Å²) < 4.78 is 32.7. The highest BCUT2D eigenvalue weighted by atomic mass is 19.1. The fraction of sp³-hybridized carbons (Fsp3) is 0.333. The molecule has 1 aliphatic heterocycles. The Morgan fingerprint density at radius 3 is 2.73 bits per heavy atom. The van der Waals surface area contributed by atoms with E-state index in [1.807, 2.05) is 52.0 Å². The molecule has 0 spiro atoms. The number of anilines is 1. The smallest absolute Gasteiger partial charge is 0.339 e. The molecule has 0 fully saturated rings. The normalized spacial score (nSPS) is 14.0. The van der Waals surface area contributed by atoms with Crippen molar-refractivity contribution >= 4 is 33.3 Å². The van der Waals surface area contributed by atoms with Gasteiger partial charge in [-0.3, -0.25) is 4.98 Å². The van der Waals surface area contributed by atoms with E-state index < -0.39 is 23.5 Å². The lowest BCUT2D eigenvalue weighted by Gasteiger charge is -2.30. The van der Waals surface area contributed by atoms with Gasteiger partial charge in [0, 0.05) is 29.1 Å². The van der Waals surface area contributed by atoms with Crippen molar-refractivity contribution in [3.05, 3.63) is 65.1 Å². The average molecular weight is 503 g/mol. The number of aryl methyl sites for hydroxylation is 1. The van der Waals surface area contributed by atoms with Gasteiger partial charge in [-0.2, -0.15) is 0 Å². The number of pyridine rings is 1. The van der Waals surface area contributed by atoms with Gasteiger partial charge in [0.05, 0.1) is 30.0 Å². The Kier molecular flexibility index (Phi) is 6.28. The van der Waals surface area contributed by atoms with Crippen LogP contribution < -0.4 is 10.5 Å². The Labute approximate surface area is 215 Å². The molecule has 0 amide bonds. The minimum absolute atomic E-state index is 0.0573. The average Bonchev–Trinajstić information content (AvgIpc) is 2.84. The number of esters is 1. The van der Waals surface area contributed by atoms with E-state index in [1.165, 1.54) is 6.07 Å². The Balaban J connectivity index is 1.92. The molecule has 192 valence electrons. The third-order valence-electron chi connectivity index (χ3n) is 6.58. The van der Waals surface area contributed by atoms with E-state index in [0.717, 1.165) is 45.1 Å². The van der Waals surface area contributed by atoms with Gasteiger partial charge < -0.3 is 19.9 Å². The number of hydrogen-bond donors (Lipinski definition) is 1. The summed E-state index contributed by atoms with van der Waals surface area (Å²) in [6, 6.07) is 10.8. The van der Waals surface area contributed by atoms with Crippen LogP contribution >= 0.6 is 0 Å². The molecule has 0 saturated carbocycles. The van der Waals surface area contributed by atoms with Crippen LogP contribution in [0.2, 0.25) is 0 Å². The maximum Gasteiger partial charge on any atom is 0.339 e. The molecule has 1 aliphatic rings. The van der Waals surface area contributed by atoms with Gasteiger partial charge in [0.1, 0.15) is 11.6 Å². The van der Waals surface area contributed by atoms with E-state index in [0.29, 0.717) is 23.1 Å². The van der Waals surface area contributed by atoms with E-state index in [9.17, 15) is 9.18 Å². The zero-order chi connectivity index (χ0) is 26.5. The number of benzene rings is 3. The predicted molar refractivity (Wildman–Crippen MR) is 143 cm³/mol. The molecule has 1 aromatic heterocycles. The third-order valence-corrected chi connectivity index (χ3v) is 6.58. The summed E-state index contributed by atoms with van der Waals surface area (Å²) in [5.41, 5.74) is 10.0. The summed E-state index contributed by atoms with van der Waals surface area (Å²) in [6.45, 7) is 10.1. The van der Waals surface area contributed by atoms with Crippen LogP contribution in [-0.2, 0) is 20.7 Å². The second-order valence-electron chi connectivity index (χ2n) is 10.3. The predicted octanol–water partition coefficient (Wildman–Crippen LogP) is 6.44. The summed E-state index contributed by atoms with van der Waals surface area (Å²) in [7, 11) is 0. The van der Waals surface area contributed by atoms with Crippen LogP contribution in [0.4, 0.5) is 10.1 Å². The molecule has 4 aromatic rings. The quantitative estimate of drug-likeness (QED) is 0.250. The van der Waals surface area contributed by atoms with E-state index >= 15 is 0 Å². The highest BCUT2D eigenvalue weighted by molar-refractivity contribution is 6.09. The Morgan fingerprint density at radius 1 is 1.22 bits per heavy atom. The van der Waals surface area contributed by atoms with Gasteiger partial charge in [-0.1, -0.05) is 6.07 Å². The van der Waals surface area contributed by atoms with E-state index in [1.54, 1.807) is 19.2 Å². The minimum Gasteiger partial charge on any atom is -0.493 e. The van der Waals surface area contributed by atoms with Crippen LogP contribution in [0.1, 0.15) is 50.5 Å². The number of ether oxygens (including phenoxy) is 3. The number of hydrogen-bond acceptors (Lipinski definition) is 6. The molecule has 1 atom stereocenters. The first kappa shape index (κ1) is 25.0. The van der Waals surface area contributed by atoms with Crippen molar-refractivity contribution in [2.45, 2.75) is 52.7 Å². The molecule has 7 heteroatoms. The molecule has 6 nitrogen and oxygen atoms in total. The molecule has 0 unspecified atom stereocenters. The van der Waals surface area contributed by atoms with E-state index in [4.69, 9.17) is 24.9 Å². The fourth-order valence-electron chi connectivity index (χ4n) is 5.12. The molecule has 0 aliphatic carbocycles. The first-order valence-electron chi connectivity index (χ1n) is 12.5. The largest absolute Gasteiger partial charge is 0.493 e. The van der Waals surface area contributed by atoms with Crippen molar-refractivity contribution in [1.82, 2.24) is 4.98 Å². The first-order valence-corrected chi connectivity index (χ1v) is 12.5. The van der Waals surface area contributed by atoms with Crippen LogP contribution in [0, 0.1) is 12.7 Å². The van der Waals surface area contributed by atoms with Gasteiger partial charge in [-0.25, -0.2) is 9.18 Å². The molecule has 2 heterocycles. The second-order valence-corrected chi connectivity index (χ2v) is 10.3. The molecule has 37 heavy (non-hydrogen) atoms. The van der Waals surface area contributed by atoms with Crippen molar-refractivity contribution in [2.75, 3.05) is 18.9 Å². The summed E-state index contributed by atoms with van der Waals surface area (Å²) in [6.07, 6.45) is 1.50. The highest BCUT2D eigenvalue weighted by Gasteiger charge is 2.34. The fourth-order valence-corrected chi connectivity index (χ4v) is 5.12. The summed E-state index contributed by atoms with van der Waals surface area (Å²) in [5.74, 6) is -0.280. The standard InChI is InChI=1S/C30H31FN2O4/c1-6-35-29(34)28(37-30(3,4)5)24-16(2)13-18-14-22(32)21(31)15-20(18)26(24)19-7-8-23-25-17(10-12-36-23)9-11-33-27(19)25/h7-9,11,13-15,28H,6,10,12,32H2,1-5H3/t28-/m0/s1. The Morgan fingerprint density at radius 2 is 2.00 bits per heavy atom. The van der Waals surface area contributed by atoms with Crippen LogP contribution in [0.15, 0.2) is 42.6 Å².